The maximum atomic E-state index is 6.74. The summed E-state index contributed by atoms with van der Waals surface area (Å²) in [6.07, 6.45) is -0.000660. The quantitative estimate of drug-likeness (QED) is 0.183. The van der Waals surface area contributed by atoms with Gasteiger partial charge in [0.1, 0.15) is 17.3 Å². The summed E-state index contributed by atoms with van der Waals surface area (Å²) in [5.74, 6) is 0. The van der Waals surface area contributed by atoms with Crippen LogP contribution in [0.4, 0.5) is 17.1 Å². The predicted octanol–water partition coefficient (Wildman–Crippen LogP) is 14.9. The van der Waals surface area contributed by atoms with E-state index in [0.717, 1.165) is 61.2 Å². The summed E-state index contributed by atoms with van der Waals surface area (Å²) in [7, 11) is 0. The Kier molecular flexibility index (Phi) is 7.57. The molecule has 11 aromatic rings. The van der Waals surface area contributed by atoms with E-state index in [0.29, 0.717) is 0 Å². The number of furan rings is 1. The van der Waals surface area contributed by atoms with Gasteiger partial charge in [-0.25, -0.2) is 0 Å². The Morgan fingerprint density at radius 2 is 0.983 bits per heavy atom. The SMILES string of the molecule is c1ccc(-c2ccc3c4ccc(-c5ccccc5)cc4n(-c4ccc5c(c4)oc4cccc(-c6ccc(N7c8ccccc8NC7c7ccccc7)cc6)c45)c3c2)cc1. The molecule has 1 unspecified atom stereocenters. The van der Waals surface area contributed by atoms with E-state index in [4.69, 9.17) is 4.42 Å². The second kappa shape index (κ2) is 13.4. The topological polar surface area (TPSA) is 33.3 Å². The lowest BCUT2D eigenvalue weighted by Crippen LogP contribution is -2.23. The molecule has 4 nitrogen and oxygen atoms in total. The molecule has 0 amide bonds. The summed E-state index contributed by atoms with van der Waals surface area (Å²) in [5, 5.41) is 8.41. The van der Waals surface area contributed by atoms with Gasteiger partial charge in [-0.05, 0) is 93.5 Å². The van der Waals surface area contributed by atoms with Gasteiger partial charge in [-0.2, -0.15) is 0 Å². The molecule has 59 heavy (non-hydrogen) atoms. The van der Waals surface area contributed by atoms with Crippen LogP contribution in [0.15, 0.2) is 217 Å². The van der Waals surface area contributed by atoms with Crippen molar-refractivity contribution in [1.82, 2.24) is 4.57 Å². The van der Waals surface area contributed by atoms with Gasteiger partial charge in [-0.15, -0.1) is 0 Å². The van der Waals surface area contributed by atoms with Crippen molar-refractivity contribution in [1.29, 1.82) is 0 Å². The van der Waals surface area contributed by atoms with Crippen molar-refractivity contribution in [2.24, 2.45) is 0 Å². The molecule has 1 N–H and O–H groups in total. The minimum atomic E-state index is -0.000660. The van der Waals surface area contributed by atoms with Crippen LogP contribution in [-0.2, 0) is 0 Å². The smallest absolute Gasteiger partial charge is 0.137 e. The third kappa shape index (κ3) is 5.45. The number of benzene rings is 9. The van der Waals surface area contributed by atoms with Crippen molar-refractivity contribution in [2.75, 3.05) is 10.2 Å². The van der Waals surface area contributed by atoms with Crippen molar-refractivity contribution in [2.45, 2.75) is 6.17 Å². The lowest BCUT2D eigenvalue weighted by atomic mass is 9.99. The highest BCUT2D eigenvalue weighted by Crippen LogP contribution is 2.47. The van der Waals surface area contributed by atoms with Gasteiger partial charge in [0.15, 0.2) is 0 Å². The van der Waals surface area contributed by atoms with Crippen molar-refractivity contribution in [3.8, 4) is 39.1 Å². The Hall–Kier alpha value is -7.82. The fraction of sp³-hybridized carbons (Fsp3) is 0.0182. The van der Waals surface area contributed by atoms with Gasteiger partial charge in [-0.1, -0.05) is 152 Å². The summed E-state index contributed by atoms with van der Waals surface area (Å²) in [5.41, 5.74) is 16.8. The Bertz CT molecular complexity index is 3250. The summed E-state index contributed by atoms with van der Waals surface area (Å²) in [6.45, 7) is 0. The minimum Gasteiger partial charge on any atom is -0.456 e. The van der Waals surface area contributed by atoms with Crippen LogP contribution >= 0.6 is 0 Å². The zero-order chi connectivity index (χ0) is 38.9. The van der Waals surface area contributed by atoms with Crippen LogP contribution in [-0.4, -0.2) is 4.57 Å². The van der Waals surface area contributed by atoms with Crippen molar-refractivity contribution < 1.29 is 4.42 Å². The second-order valence-electron chi connectivity index (χ2n) is 15.4. The number of hydrogen-bond donors (Lipinski definition) is 1. The van der Waals surface area contributed by atoms with E-state index >= 15 is 0 Å². The molecule has 0 bridgehead atoms. The summed E-state index contributed by atoms with van der Waals surface area (Å²) >= 11 is 0. The van der Waals surface area contributed by atoms with Crippen molar-refractivity contribution in [3.63, 3.8) is 0 Å². The Balaban J connectivity index is 0.982. The highest BCUT2D eigenvalue weighted by atomic mass is 16.3. The van der Waals surface area contributed by atoms with Crippen LogP contribution in [0, 0.1) is 0 Å². The highest BCUT2D eigenvalue weighted by Gasteiger charge is 2.31. The van der Waals surface area contributed by atoms with Crippen LogP contribution < -0.4 is 10.2 Å². The number of rotatable bonds is 6. The predicted molar refractivity (Wildman–Crippen MR) is 246 cm³/mol. The van der Waals surface area contributed by atoms with Gasteiger partial charge in [0, 0.05) is 39.0 Å². The van der Waals surface area contributed by atoms with Gasteiger partial charge in [0.25, 0.3) is 0 Å². The molecule has 0 saturated carbocycles. The average molecular weight is 756 g/mol. The molecule has 0 saturated heterocycles. The number of nitrogens with zero attached hydrogens (tertiary/aromatic N) is 2. The third-order valence-corrected chi connectivity index (χ3v) is 12.0. The van der Waals surface area contributed by atoms with E-state index in [2.05, 4.69) is 227 Å². The maximum absolute atomic E-state index is 6.74. The van der Waals surface area contributed by atoms with Gasteiger partial charge < -0.3 is 19.2 Å². The van der Waals surface area contributed by atoms with E-state index in [-0.39, 0.29) is 6.17 Å². The minimum absolute atomic E-state index is 0.000660. The summed E-state index contributed by atoms with van der Waals surface area (Å²) in [4.78, 5) is 2.39. The molecule has 4 heteroatoms. The number of nitrogens with one attached hydrogen (secondary N) is 1. The fourth-order valence-corrected chi connectivity index (χ4v) is 9.23. The third-order valence-electron chi connectivity index (χ3n) is 12.0. The largest absolute Gasteiger partial charge is 0.456 e. The van der Waals surface area contributed by atoms with E-state index in [1.165, 1.54) is 44.3 Å². The van der Waals surface area contributed by atoms with Crippen molar-refractivity contribution in [3.05, 3.63) is 218 Å². The Morgan fingerprint density at radius 3 is 1.66 bits per heavy atom. The molecule has 0 aliphatic carbocycles. The maximum Gasteiger partial charge on any atom is 0.137 e. The Morgan fingerprint density at radius 1 is 0.407 bits per heavy atom. The number of anilines is 3. The second-order valence-corrected chi connectivity index (χ2v) is 15.4. The highest BCUT2D eigenvalue weighted by molar-refractivity contribution is 6.14. The van der Waals surface area contributed by atoms with Crippen LogP contribution in [0.2, 0.25) is 0 Å². The first kappa shape index (κ1) is 33.3. The molecular formula is C55H37N3O. The number of fused-ring (bicyclic) bond motifs is 7. The molecule has 1 aliphatic rings. The zero-order valence-electron chi connectivity index (χ0n) is 32.1. The lowest BCUT2D eigenvalue weighted by molar-refractivity contribution is 0.668. The molecule has 3 heterocycles. The summed E-state index contributed by atoms with van der Waals surface area (Å²) in [6, 6.07) is 76.2. The van der Waals surface area contributed by atoms with Gasteiger partial charge in [0.05, 0.1) is 22.4 Å². The lowest BCUT2D eigenvalue weighted by Gasteiger charge is -2.27. The first-order valence-corrected chi connectivity index (χ1v) is 20.2. The molecular weight excluding hydrogens is 719 g/mol. The van der Waals surface area contributed by atoms with Gasteiger partial charge in [-0.3, -0.25) is 0 Å². The van der Waals surface area contributed by atoms with Gasteiger partial charge in [0.2, 0.25) is 0 Å². The molecule has 0 spiro atoms. The molecule has 0 radical (unpaired) electrons. The standard InChI is InChI=1S/C55H37N3O/c1-4-13-36(14-5-1)40-25-30-45-46-31-26-41(37-15-6-2-7-16-37)34-51(46)57(50(45)33-40)43-29-32-47-53(35-43)59-52-22-12-19-44(54(47)52)38-23-27-42(28-24-38)58-49-21-11-10-20-48(49)56-55(58)39-17-8-3-9-18-39/h1-35,55-56H. The first-order chi connectivity index (χ1) is 29.2. The molecule has 9 aromatic carbocycles. The van der Waals surface area contributed by atoms with Crippen molar-refractivity contribution >= 4 is 60.8 Å². The van der Waals surface area contributed by atoms with Crippen LogP contribution in [0.5, 0.6) is 0 Å². The van der Waals surface area contributed by atoms with Crippen LogP contribution in [0.25, 0.3) is 82.8 Å². The van der Waals surface area contributed by atoms with Crippen LogP contribution in [0.1, 0.15) is 11.7 Å². The molecule has 0 fully saturated rings. The zero-order valence-corrected chi connectivity index (χ0v) is 32.1. The molecule has 2 aromatic heterocycles. The van der Waals surface area contributed by atoms with E-state index < -0.39 is 0 Å². The average Bonchev–Trinajstić information content (AvgIpc) is 3.99. The molecule has 1 atom stereocenters. The molecule has 12 rings (SSSR count). The summed E-state index contributed by atoms with van der Waals surface area (Å²) < 4.78 is 9.15. The number of para-hydroxylation sites is 2. The Labute approximate surface area is 341 Å². The van der Waals surface area contributed by atoms with E-state index in [1.54, 1.807) is 0 Å². The fourth-order valence-electron chi connectivity index (χ4n) is 9.23. The normalized spacial score (nSPS) is 13.7. The first-order valence-electron chi connectivity index (χ1n) is 20.2. The molecule has 278 valence electrons. The van der Waals surface area contributed by atoms with Crippen LogP contribution in [0.3, 0.4) is 0 Å². The van der Waals surface area contributed by atoms with Gasteiger partial charge >= 0.3 is 0 Å². The van der Waals surface area contributed by atoms with E-state index in [9.17, 15) is 0 Å². The number of hydrogen-bond acceptors (Lipinski definition) is 3. The number of aromatic nitrogens is 1. The van der Waals surface area contributed by atoms with E-state index in [1.807, 2.05) is 0 Å². The monoisotopic (exact) mass is 755 g/mol. The molecule has 1 aliphatic heterocycles.